The van der Waals surface area contributed by atoms with Gasteiger partial charge in [0.25, 0.3) is 0 Å². The Morgan fingerprint density at radius 3 is 2.47 bits per heavy atom. The predicted molar refractivity (Wildman–Crippen MR) is 74.5 cm³/mol. The van der Waals surface area contributed by atoms with Crippen molar-refractivity contribution in [1.29, 1.82) is 10.5 Å². The Morgan fingerprint density at radius 2 is 1.95 bits per heavy atom. The van der Waals surface area contributed by atoms with Crippen LogP contribution in [0.15, 0.2) is 41.8 Å². The van der Waals surface area contributed by atoms with E-state index in [2.05, 4.69) is 5.32 Å². The second kappa shape index (κ2) is 7.33. The van der Waals surface area contributed by atoms with Crippen molar-refractivity contribution in [3.05, 3.63) is 51.9 Å². The highest BCUT2D eigenvalue weighted by atomic mass is 35.5. The number of allylic oxidation sites excluding steroid dienone is 2. The number of hydrogen-bond donors (Lipinski definition) is 1. The third-order valence-electron chi connectivity index (χ3n) is 2.09. The zero-order valence-electron chi connectivity index (χ0n) is 9.95. The summed E-state index contributed by atoms with van der Waals surface area (Å²) in [7, 11) is 1.38. The van der Waals surface area contributed by atoms with Gasteiger partial charge in [0.05, 0.1) is 17.2 Å². The van der Waals surface area contributed by atoms with E-state index in [0.29, 0.717) is 10.0 Å². The molecule has 0 saturated carbocycles. The fraction of sp³-hybridized carbons (Fsp3) is 0.0769. The Labute approximate surface area is 121 Å². The lowest BCUT2D eigenvalue weighted by Crippen LogP contribution is -1.92. The number of nitriles is 2. The maximum atomic E-state index is 8.71. The number of hydrogen-bond acceptors (Lipinski definition) is 4. The highest BCUT2D eigenvalue weighted by Gasteiger charge is 2.02. The van der Waals surface area contributed by atoms with E-state index in [1.165, 1.54) is 19.4 Å². The van der Waals surface area contributed by atoms with Gasteiger partial charge >= 0.3 is 0 Å². The standard InChI is InChI=1S/C13H9Cl2N3O/c1-19-13(9(7-16)8-17)4-5-18-10-2-3-11(14)12(15)6-10/h2-6,18H,1H3. The molecule has 19 heavy (non-hydrogen) atoms. The highest BCUT2D eigenvalue weighted by Crippen LogP contribution is 2.25. The van der Waals surface area contributed by atoms with Gasteiger partial charge in [-0.3, -0.25) is 0 Å². The molecule has 0 aliphatic rings. The molecule has 0 atom stereocenters. The third kappa shape index (κ3) is 4.22. The third-order valence-corrected chi connectivity index (χ3v) is 2.83. The molecular formula is C13H9Cl2N3O. The SMILES string of the molecule is COC(C=CNc1ccc(Cl)c(Cl)c1)=C(C#N)C#N. The number of halogens is 2. The molecular weight excluding hydrogens is 285 g/mol. The summed E-state index contributed by atoms with van der Waals surface area (Å²) in [5.41, 5.74) is 0.617. The maximum absolute atomic E-state index is 8.71. The molecule has 1 aromatic carbocycles. The largest absolute Gasteiger partial charge is 0.495 e. The minimum Gasteiger partial charge on any atom is -0.495 e. The van der Waals surface area contributed by atoms with E-state index in [-0.39, 0.29) is 11.3 Å². The zero-order valence-corrected chi connectivity index (χ0v) is 11.5. The van der Waals surface area contributed by atoms with Crippen molar-refractivity contribution in [2.24, 2.45) is 0 Å². The summed E-state index contributed by atoms with van der Waals surface area (Å²) >= 11 is 11.7. The van der Waals surface area contributed by atoms with E-state index < -0.39 is 0 Å². The first-order valence-electron chi connectivity index (χ1n) is 5.09. The normalized spacial score (nSPS) is 9.53. The monoisotopic (exact) mass is 293 g/mol. The van der Waals surface area contributed by atoms with Gasteiger partial charge in [-0.2, -0.15) is 10.5 Å². The molecule has 0 radical (unpaired) electrons. The average Bonchev–Trinajstić information content (AvgIpc) is 2.42. The lowest BCUT2D eigenvalue weighted by atomic mass is 10.2. The Kier molecular flexibility index (Phi) is 5.75. The van der Waals surface area contributed by atoms with Gasteiger partial charge in [0, 0.05) is 11.9 Å². The summed E-state index contributed by atoms with van der Waals surface area (Å²) in [5, 5.41) is 21.2. The Balaban J connectivity index is 2.84. The predicted octanol–water partition coefficient (Wildman–Crippen LogP) is 3.87. The number of nitrogens with one attached hydrogen (secondary N) is 1. The summed E-state index contributed by atoms with van der Waals surface area (Å²) in [5.74, 6) is 0.178. The van der Waals surface area contributed by atoms with Gasteiger partial charge in [-0.25, -0.2) is 0 Å². The summed E-state index contributed by atoms with van der Waals surface area (Å²) in [6.07, 6.45) is 3.01. The minimum absolute atomic E-state index is 0.102. The lowest BCUT2D eigenvalue weighted by Gasteiger charge is -2.03. The number of nitrogens with zero attached hydrogens (tertiary/aromatic N) is 2. The summed E-state index contributed by atoms with van der Waals surface area (Å²) in [6.45, 7) is 0. The minimum atomic E-state index is -0.102. The Hall–Kier alpha value is -2.14. The second-order valence-electron chi connectivity index (χ2n) is 3.27. The van der Waals surface area contributed by atoms with Crippen LogP contribution >= 0.6 is 23.2 Å². The highest BCUT2D eigenvalue weighted by molar-refractivity contribution is 6.42. The van der Waals surface area contributed by atoms with Crippen LogP contribution in [0.1, 0.15) is 0 Å². The first kappa shape index (κ1) is 14.9. The average molecular weight is 294 g/mol. The topological polar surface area (TPSA) is 68.8 Å². The molecule has 0 fully saturated rings. The molecule has 6 heteroatoms. The van der Waals surface area contributed by atoms with Crippen molar-refractivity contribution in [3.8, 4) is 12.1 Å². The summed E-state index contributed by atoms with van der Waals surface area (Å²) in [6, 6.07) is 8.54. The maximum Gasteiger partial charge on any atom is 0.171 e. The molecule has 0 aliphatic carbocycles. The van der Waals surface area contributed by atoms with Crippen molar-refractivity contribution < 1.29 is 4.74 Å². The molecule has 96 valence electrons. The van der Waals surface area contributed by atoms with Gasteiger partial charge in [-0.15, -0.1) is 0 Å². The molecule has 0 heterocycles. The quantitative estimate of drug-likeness (QED) is 0.520. The molecule has 1 N–H and O–H groups in total. The van der Waals surface area contributed by atoms with Crippen molar-refractivity contribution in [2.75, 3.05) is 12.4 Å². The van der Waals surface area contributed by atoms with Crippen molar-refractivity contribution in [2.45, 2.75) is 0 Å². The number of rotatable bonds is 4. The van der Waals surface area contributed by atoms with Crippen LogP contribution in [0.3, 0.4) is 0 Å². The summed E-state index contributed by atoms with van der Waals surface area (Å²) in [4.78, 5) is 0. The first-order valence-corrected chi connectivity index (χ1v) is 5.84. The molecule has 0 aromatic heterocycles. The Morgan fingerprint density at radius 1 is 1.26 bits per heavy atom. The van der Waals surface area contributed by atoms with Crippen LogP contribution in [0.4, 0.5) is 5.69 Å². The van der Waals surface area contributed by atoms with Gasteiger partial charge in [0.2, 0.25) is 0 Å². The second-order valence-corrected chi connectivity index (χ2v) is 4.09. The number of ether oxygens (including phenoxy) is 1. The fourth-order valence-corrected chi connectivity index (χ4v) is 1.49. The smallest absolute Gasteiger partial charge is 0.171 e. The van der Waals surface area contributed by atoms with E-state index in [1.807, 2.05) is 0 Å². The first-order chi connectivity index (χ1) is 9.12. The molecule has 0 aliphatic heterocycles. The molecule has 0 bridgehead atoms. The lowest BCUT2D eigenvalue weighted by molar-refractivity contribution is 0.305. The zero-order chi connectivity index (χ0) is 14.3. The van der Waals surface area contributed by atoms with Crippen LogP contribution in [-0.2, 0) is 4.74 Å². The van der Waals surface area contributed by atoms with Crippen molar-refractivity contribution in [1.82, 2.24) is 0 Å². The number of anilines is 1. The molecule has 0 amide bonds. The fourth-order valence-electron chi connectivity index (χ4n) is 1.19. The van der Waals surface area contributed by atoms with Crippen molar-refractivity contribution in [3.63, 3.8) is 0 Å². The van der Waals surface area contributed by atoms with Gasteiger partial charge in [0.15, 0.2) is 5.57 Å². The van der Waals surface area contributed by atoms with Gasteiger partial charge in [-0.1, -0.05) is 23.2 Å². The molecule has 4 nitrogen and oxygen atoms in total. The van der Waals surface area contributed by atoms with E-state index >= 15 is 0 Å². The van der Waals surface area contributed by atoms with E-state index in [1.54, 1.807) is 30.3 Å². The molecule has 1 aromatic rings. The molecule has 0 saturated heterocycles. The van der Waals surface area contributed by atoms with Gasteiger partial charge in [0.1, 0.15) is 17.9 Å². The van der Waals surface area contributed by atoms with Crippen LogP contribution in [0.5, 0.6) is 0 Å². The summed E-state index contributed by atoms with van der Waals surface area (Å²) < 4.78 is 4.94. The van der Waals surface area contributed by atoms with E-state index in [4.69, 9.17) is 38.5 Å². The number of benzene rings is 1. The van der Waals surface area contributed by atoms with E-state index in [9.17, 15) is 0 Å². The molecule has 0 unspecified atom stereocenters. The van der Waals surface area contributed by atoms with E-state index in [0.717, 1.165) is 5.69 Å². The van der Waals surface area contributed by atoms with Gasteiger partial charge in [-0.05, 0) is 24.3 Å². The van der Waals surface area contributed by atoms with Crippen LogP contribution < -0.4 is 5.32 Å². The Bertz CT molecular complexity index is 593. The van der Waals surface area contributed by atoms with Gasteiger partial charge < -0.3 is 10.1 Å². The van der Waals surface area contributed by atoms with Crippen LogP contribution in [-0.4, -0.2) is 7.11 Å². The van der Waals surface area contributed by atoms with Crippen molar-refractivity contribution >= 4 is 28.9 Å². The molecule has 0 spiro atoms. The van der Waals surface area contributed by atoms with Crippen LogP contribution in [0.2, 0.25) is 10.0 Å². The van der Waals surface area contributed by atoms with Crippen LogP contribution in [0.25, 0.3) is 0 Å². The molecule has 1 rings (SSSR count). The number of methoxy groups -OCH3 is 1. The van der Waals surface area contributed by atoms with Crippen LogP contribution in [0, 0.1) is 22.7 Å².